The Hall–Kier alpha value is -1.36. The van der Waals surface area contributed by atoms with Crippen molar-refractivity contribution in [3.63, 3.8) is 0 Å². The molecule has 28 heavy (non-hydrogen) atoms. The number of rotatable bonds is 1. The Bertz CT molecular complexity index is 1080. The lowest BCUT2D eigenvalue weighted by Crippen LogP contribution is -2.17. The molecule has 1 saturated heterocycles. The predicted molar refractivity (Wildman–Crippen MR) is 132 cm³/mol. The van der Waals surface area contributed by atoms with Crippen molar-refractivity contribution in [2.45, 2.75) is 12.8 Å². The Morgan fingerprint density at radius 1 is 0.500 bits per heavy atom. The normalized spacial score (nSPS) is 13.6. The van der Waals surface area contributed by atoms with Crippen molar-refractivity contribution in [1.82, 2.24) is 0 Å². The van der Waals surface area contributed by atoms with Gasteiger partial charge in [-0.2, -0.15) is 0 Å². The first-order chi connectivity index (χ1) is 13.6. The first-order valence-electron chi connectivity index (χ1n) is 9.40. The number of benzene rings is 4. The van der Waals surface area contributed by atoms with Crippen LogP contribution in [0.4, 0.5) is 5.69 Å². The van der Waals surface area contributed by atoms with Crippen molar-refractivity contribution >= 4 is 75.0 Å². The molecule has 0 spiro atoms. The van der Waals surface area contributed by atoms with E-state index in [1.807, 2.05) is 24.3 Å². The van der Waals surface area contributed by atoms with Gasteiger partial charge in [-0.3, -0.25) is 0 Å². The molecule has 0 radical (unpaired) electrons. The number of hydrogen-bond donors (Lipinski definition) is 0. The van der Waals surface area contributed by atoms with Crippen molar-refractivity contribution in [2.24, 2.45) is 0 Å². The summed E-state index contributed by atoms with van der Waals surface area (Å²) in [6.07, 6.45) is 2.65. The second kappa shape index (κ2) is 8.98. The third-order valence-electron chi connectivity index (χ3n) is 5.11. The van der Waals surface area contributed by atoms with Gasteiger partial charge < -0.3 is 4.90 Å². The third kappa shape index (κ3) is 4.14. The van der Waals surface area contributed by atoms with Gasteiger partial charge in [0.05, 0.1) is 0 Å². The first kappa shape index (κ1) is 19.9. The van der Waals surface area contributed by atoms with Crippen molar-refractivity contribution in [3.8, 4) is 0 Å². The summed E-state index contributed by atoms with van der Waals surface area (Å²) in [5, 5.41) is 5.16. The minimum Gasteiger partial charge on any atom is -0.371 e. The zero-order valence-electron chi connectivity index (χ0n) is 15.3. The molecule has 142 valence electrons. The summed E-state index contributed by atoms with van der Waals surface area (Å²) < 4.78 is 3.47. The van der Waals surface area contributed by atoms with Crippen LogP contribution in [0.2, 0.25) is 0 Å². The van der Waals surface area contributed by atoms with Gasteiger partial charge in [0.25, 0.3) is 0 Å². The predicted octanol–water partition coefficient (Wildman–Crippen LogP) is 8.57. The van der Waals surface area contributed by atoms with Crippen LogP contribution in [0.3, 0.4) is 0 Å². The van der Waals surface area contributed by atoms with E-state index in [0.29, 0.717) is 0 Å². The average Bonchev–Trinajstić information content (AvgIpc) is 3.27. The van der Waals surface area contributed by atoms with E-state index in [-0.39, 0.29) is 0 Å². The minimum atomic E-state index is 1.14. The summed E-state index contributed by atoms with van der Waals surface area (Å²) >= 11 is 10.6. The van der Waals surface area contributed by atoms with Crippen LogP contribution in [-0.2, 0) is 0 Å². The van der Waals surface area contributed by atoms with E-state index in [1.54, 1.807) is 0 Å². The molecule has 0 atom stereocenters. The summed E-state index contributed by atoms with van der Waals surface area (Å²) in [5.74, 6) is 0. The molecule has 0 bridgehead atoms. The molecule has 5 rings (SSSR count). The maximum Gasteiger partial charge on any atom is 0.0446 e. The second-order valence-electron chi connectivity index (χ2n) is 6.88. The van der Waals surface area contributed by atoms with Crippen LogP contribution in [0.1, 0.15) is 12.8 Å². The van der Waals surface area contributed by atoms with E-state index in [0.717, 1.165) is 8.95 Å². The highest BCUT2D eigenvalue weighted by Gasteiger charge is 2.15. The van der Waals surface area contributed by atoms with E-state index >= 15 is 0 Å². The van der Waals surface area contributed by atoms with E-state index in [9.17, 15) is 0 Å². The quantitative estimate of drug-likeness (QED) is 0.225. The van der Waals surface area contributed by atoms with Gasteiger partial charge >= 0.3 is 0 Å². The van der Waals surface area contributed by atoms with Gasteiger partial charge in [-0.15, -0.1) is 0 Å². The summed E-state index contributed by atoms with van der Waals surface area (Å²) in [6, 6.07) is 25.4. The number of fused-ring (bicyclic) bond motifs is 2. The van der Waals surface area contributed by atoms with Crippen LogP contribution >= 0.6 is 47.8 Å². The zero-order chi connectivity index (χ0) is 19.5. The fourth-order valence-corrected chi connectivity index (χ4v) is 5.14. The zero-order valence-corrected chi connectivity index (χ0v) is 20.1. The van der Waals surface area contributed by atoms with Crippen molar-refractivity contribution in [2.75, 3.05) is 18.0 Å². The molecule has 4 aromatic rings. The highest BCUT2D eigenvalue weighted by Crippen LogP contribution is 2.33. The van der Waals surface area contributed by atoms with Gasteiger partial charge in [0, 0.05) is 37.6 Å². The lowest BCUT2D eigenvalue weighted by atomic mass is 10.1. The Morgan fingerprint density at radius 3 is 1.39 bits per heavy atom. The number of halogens is 3. The van der Waals surface area contributed by atoms with Gasteiger partial charge in [-0.05, 0) is 53.3 Å². The molecule has 0 aliphatic carbocycles. The van der Waals surface area contributed by atoms with E-state index in [2.05, 4.69) is 101 Å². The summed E-state index contributed by atoms with van der Waals surface area (Å²) in [7, 11) is 0. The van der Waals surface area contributed by atoms with Crippen LogP contribution in [0.15, 0.2) is 86.2 Å². The van der Waals surface area contributed by atoms with Gasteiger partial charge in [-0.25, -0.2) is 0 Å². The number of hydrogen-bond acceptors (Lipinski definition) is 1. The molecule has 0 N–H and O–H groups in total. The molecule has 0 unspecified atom stereocenters. The molecule has 1 aliphatic heterocycles. The minimum absolute atomic E-state index is 1.14. The molecular weight excluding hydrogens is 542 g/mol. The molecule has 4 heteroatoms. The monoisotopic (exact) mass is 559 g/mol. The number of anilines is 1. The van der Waals surface area contributed by atoms with Crippen LogP contribution in [0, 0.1) is 0 Å². The molecular formula is C24H20Br3N. The smallest absolute Gasteiger partial charge is 0.0446 e. The summed E-state index contributed by atoms with van der Waals surface area (Å²) in [5.41, 5.74) is 1.39. The Balaban J connectivity index is 0.000000143. The maximum atomic E-state index is 3.62. The Kier molecular flexibility index (Phi) is 6.39. The average molecular weight is 562 g/mol. The van der Waals surface area contributed by atoms with Crippen molar-refractivity contribution in [3.05, 3.63) is 86.2 Å². The molecule has 0 amide bonds. The van der Waals surface area contributed by atoms with Gasteiger partial charge in [-0.1, -0.05) is 96.3 Å². The van der Waals surface area contributed by atoms with Gasteiger partial charge in [0.1, 0.15) is 0 Å². The van der Waals surface area contributed by atoms with E-state index in [4.69, 9.17) is 0 Å². The molecule has 0 aromatic heterocycles. The maximum absolute atomic E-state index is 3.62. The fraction of sp³-hybridized carbons (Fsp3) is 0.167. The first-order valence-corrected chi connectivity index (χ1v) is 11.8. The molecule has 1 nitrogen and oxygen atoms in total. The second-order valence-corrected chi connectivity index (χ2v) is 9.44. The van der Waals surface area contributed by atoms with Crippen molar-refractivity contribution in [1.29, 1.82) is 0 Å². The highest BCUT2D eigenvalue weighted by molar-refractivity contribution is 9.11. The van der Waals surface area contributed by atoms with Gasteiger partial charge in [0.2, 0.25) is 0 Å². The van der Waals surface area contributed by atoms with Crippen LogP contribution in [0.25, 0.3) is 21.5 Å². The van der Waals surface area contributed by atoms with E-state index < -0.39 is 0 Å². The van der Waals surface area contributed by atoms with Crippen LogP contribution in [-0.4, -0.2) is 13.1 Å². The fourth-order valence-electron chi connectivity index (χ4n) is 3.71. The summed E-state index contributed by atoms with van der Waals surface area (Å²) in [4.78, 5) is 2.49. The van der Waals surface area contributed by atoms with Crippen molar-refractivity contribution < 1.29 is 0 Å². The molecule has 1 fully saturated rings. The molecule has 0 saturated carbocycles. The SMILES string of the molecule is Brc1ccc(Br)c2ccccc12.Brc1ccc(N2CCCC2)c2ccccc12. The number of nitrogens with zero attached hydrogens (tertiary/aromatic N) is 1. The lowest BCUT2D eigenvalue weighted by molar-refractivity contribution is 0.949. The lowest BCUT2D eigenvalue weighted by Gasteiger charge is -2.20. The molecule has 1 heterocycles. The molecule has 4 aromatic carbocycles. The van der Waals surface area contributed by atoms with E-state index in [1.165, 1.54) is 57.6 Å². The Morgan fingerprint density at radius 2 is 0.893 bits per heavy atom. The molecule has 1 aliphatic rings. The van der Waals surface area contributed by atoms with Gasteiger partial charge in [0.15, 0.2) is 0 Å². The Labute approximate surface area is 191 Å². The standard InChI is InChI=1S/C14H14BrN.C10H6Br2/c15-13-7-8-14(16-9-3-4-10-16)12-6-2-1-5-11(12)13;11-9-5-6-10(12)8-4-2-1-3-7(8)9/h1-2,5-8H,3-4,9-10H2;1-6H. The highest BCUT2D eigenvalue weighted by atomic mass is 79.9. The van der Waals surface area contributed by atoms with Crippen LogP contribution < -0.4 is 4.90 Å². The topological polar surface area (TPSA) is 3.24 Å². The third-order valence-corrected chi connectivity index (χ3v) is 7.19. The summed E-state index contributed by atoms with van der Waals surface area (Å²) in [6.45, 7) is 2.40. The van der Waals surface area contributed by atoms with Crippen LogP contribution in [0.5, 0.6) is 0 Å². The largest absolute Gasteiger partial charge is 0.371 e.